The molecule has 1 aromatic heterocycles. The highest BCUT2D eigenvalue weighted by atomic mass is 32.2. The average molecular weight is 302 g/mol. The van der Waals surface area contributed by atoms with Crippen molar-refractivity contribution in [1.82, 2.24) is 20.1 Å². The van der Waals surface area contributed by atoms with Crippen molar-refractivity contribution in [3.63, 3.8) is 0 Å². The summed E-state index contributed by atoms with van der Waals surface area (Å²) in [6, 6.07) is -0.188. The molecule has 0 aliphatic heterocycles. The van der Waals surface area contributed by atoms with Gasteiger partial charge in [0.2, 0.25) is 0 Å². The second-order valence-corrected chi connectivity index (χ2v) is 8.18. The maximum absolute atomic E-state index is 12.1. The van der Waals surface area contributed by atoms with Crippen LogP contribution in [0.3, 0.4) is 0 Å². The van der Waals surface area contributed by atoms with Crippen LogP contribution in [-0.4, -0.2) is 46.8 Å². The summed E-state index contributed by atoms with van der Waals surface area (Å²) in [6.45, 7) is 9.10. The highest BCUT2D eigenvalue weighted by Gasteiger charge is 2.39. The maximum atomic E-state index is 12.1. The van der Waals surface area contributed by atoms with Gasteiger partial charge in [-0.05, 0) is 33.7 Å². The zero-order valence-electron chi connectivity index (χ0n) is 13.0. The highest BCUT2D eigenvalue weighted by molar-refractivity contribution is 7.92. The Bertz CT molecular complexity index is 522. The van der Waals surface area contributed by atoms with E-state index in [1.54, 1.807) is 18.5 Å². The fourth-order valence-electron chi connectivity index (χ4n) is 2.03. The molecule has 1 N–H and O–H groups in total. The summed E-state index contributed by atoms with van der Waals surface area (Å²) in [6.07, 6.45) is 4.31. The summed E-state index contributed by atoms with van der Waals surface area (Å²) < 4.78 is 25.1. The van der Waals surface area contributed by atoms with Crippen LogP contribution in [0.25, 0.3) is 0 Å². The van der Waals surface area contributed by atoms with Crippen molar-refractivity contribution < 1.29 is 8.42 Å². The second kappa shape index (κ2) is 6.67. The zero-order chi connectivity index (χ0) is 15.4. The van der Waals surface area contributed by atoms with Crippen molar-refractivity contribution >= 4 is 9.84 Å². The number of sulfone groups is 1. The summed E-state index contributed by atoms with van der Waals surface area (Å²) in [5, 5.41) is 7.49. The first kappa shape index (κ1) is 17.1. The third kappa shape index (κ3) is 3.79. The number of nitrogens with zero attached hydrogens (tertiary/aromatic N) is 3. The Labute approximate surface area is 121 Å². The van der Waals surface area contributed by atoms with Crippen molar-refractivity contribution in [3.8, 4) is 0 Å². The van der Waals surface area contributed by atoms with E-state index in [4.69, 9.17) is 0 Å². The van der Waals surface area contributed by atoms with Crippen molar-refractivity contribution in [2.75, 3.05) is 12.8 Å². The molecule has 7 heteroatoms. The van der Waals surface area contributed by atoms with E-state index < -0.39 is 14.6 Å². The molecule has 0 aliphatic rings. The van der Waals surface area contributed by atoms with Gasteiger partial charge < -0.3 is 5.32 Å². The summed E-state index contributed by atoms with van der Waals surface area (Å²) in [4.78, 5) is 4.25. The average Bonchev–Trinajstić information content (AvgIpc) is 2.79. The van der Waals surface area contributed by atoms with Crippen LogP contribution in [0.4, 0.5) is 0 Å². The molecular formula is C13H26N4O2S. The summed E-state index contributed by atoms with van der Waals surface area (Å²) in [5.41, 5.74) is 0. The molecule has 1 atom stereocenters. The Balaban J connectivity index is 3.01. The van der Waals surface area contributed by atoms with Crippen LogP contribution in [0, 0.1) is 0 Å². The minimum atomic E-state index is -3.17. The first-order chi connectivity index (χ1) is 9.24. The lowest BCUT2D eigenvalue weighted by molar-refractivity contribution is 0.394. The summed E-state index contributed by atoms with van der Waals surface area (Å²) in [5.74, 6) is 0.817. The van der Waals surface area contributed by atoms with E-state index in [1.165, 1.54) is 12.6 Å². The molecule has 0 amide bonds. The molecule has 1 unspecified atom stereocenters. The van der Waals surface area contributed by atoms with E-state index in [1.807, 2.05) is 6.92 Å². The SMILES string of the molecule is CCCNC(Cc1ncnn1CC)C(C)(C)S(C)(=O)=O. The zero-order valence-corrected chi connectivity index (χ0v) is 13.9. The second-order valence-electron chi connectivity index (χ2n) is 5.58. The fraction of sp³-hybridized carbons (Fsp3) is 0.846. The third-order valence-corrected chi connectivity index (χ3v) is 6.01. The summed E-state index contributed by atoms with van der Waals surface area (Å²) >= 11 is 0. The Morgan fingerprint density at radius 1 is 1.40 bits per heavy atom. The number of aryl methyl sites for hydroxylation is 1. The molecule has 0 radical (unpaired) electrons. The van der Waals surface area contributed by atoms with Gasteiger partial charge in [0, 0.05) is 25.3 Å². The molecule has 0 saturated heterocycles. The van der Waals surface area contributed by atoms with Gasteiger partial charge in [0.05, 0.1) is 4.75 Å². The number of hydrogen-bond donors (Lipinski definition) is 1. The van der Waals surface area contributed by atoms with Crippen LogP contribution >= 0.6 is 0 Å². The smallest absolute Gasteiger partial charge is 0.154 e. The molecule has 0 aliphatic carbocycles. The van der Waals surface area contributed by atoms with Crippen LogP contribution in [-0.2, 0) is 22.8 Å². The lowest BCUT2D eigenvalue weighted by atomic mass is 9.99. The maximum Gasteiger partial charge on any atom is 0.154 e. The van der Waals surface area contributed by atoms with Crippen LogP contribution < -0.4 is 5.32 Å². The van der Waals surface area contributed by atoms with Gasteiger partial charge >= 0.3 is 0 Å². The quantitative estimate of drug-likeness (QED) is 0.776. The van der Waals surface area contributed by atoms with Crippen LogP contribution in [0.2, 0.25) is 0 Å². The van der Waals surface area contributed by atoms with E-state index in [9.17, 15) is 8.42 Å². The lowest BCUT2D eigenvalue weighted by Crippen LogP contribution is -2.53. The number of hydrogen-bond acceptors (Lipinski definition) is 5. The fourth-order valence-corrected chi connectivity index (χ4v) is 2.72. The van der Waals surface area contributed by atoms with Gasteiger partial charge in [-0.15, -0.1) is 0 Å². The molecule has 0 bridgehead atoms. The third-order valence-electron chi connectivity index (χ3n) is 3.82. The molecule has 6 nitrogen and oxygen atoms in total. The standard InChI is InChI=1S/C13H26N4O2S/c1-6-8-14-11(13(3,4)20(5,18)19)9-12-15-10-16-17(12)7-2/h10-11,14H,6-9H2,1-5H3. The van der Waals surface area contributed by atoms with Crippen LogP contribution in [0.1, 0.15) is 39.9 Å². The van der Waals surface area contributed by atoms with E-state index in [0.717, 1.165) is 25.3 Å². The molecule has 1 aromatic rings. The van der Waals surface area contributed by atoms with Gasteiger partial charge in [-0.1, -0.05) is 6.92 Å². The van der Waals surface area contributed by atoms with E-state index in [0.29, 0.717) is 6.42 Å². The Hall–Kier alpha value is -0.950. The first-order valence-electron chi connectivity index (χ1n) is 7.03. The Kier molecular flexibility index (Phi) is 5.70. The molecule has 0 fully saturated rings. The normalized spacial score (nSPS) is 14.4. The lowest BCUT2D eigenvalue weighted by Gasteiger charge is -2.33. The summed E-state index contributed by atoms with van der Waals surface area (Å²) in [7, 11) is -3.17. The van der Waals surface area contributed by atoms with Crippen molar-refractivity contribution in [2.45, 2.75) is 57.9 Å². The highest BCUT2D eigenvalue weighted by Crippen LogP contribution is 2.22. The van der Waals surface area contributed by atoms with Crippen LogP contribution in [0.5, 0.6) is 0 Å². The van der Waals surface area contributed by atoms with Crippen molar-refractivity contribution in [2.24, 2.45) is 0 Å². The number of nitrogens with one attached hydrogen (secondary N) is 1. The monoisotopic (exact) mass is 302 g/mol. The van der Waals surface area contributed by atoms with Gasteiger partial charge in [-0.3, -0.25) is 4.68 Å². The topological polar surface area (TPSA) is 76.9 Å². The Morgan fingerprint density at radius 2 is 2.05 bits per heavy atom. The van der Waals surface area contributed by atoms with Crippen molar-refractivity contribution in [3.05, 3.63) is 12.2 Å². The molecule has 116 valence electrons. The molecule has 0 saturated carbocycles. The molecule has 1 rings (SSSR count). The van der Waals surface area contributed by atoms with Gasteiger partial charge in [0.1, 0.15) is 12.2 Å². The largest absolute Gasteiger partial charge is 0.312 e. The van der Waals surface area contributed by atoms with Gasteiger partial charge in [0.15, 0.2) is 9.84 Å². The first-order valence-corrected chi connectivity index (χ1v) is 8.92. The predicted molar refractivity (Wildman–Crippen MR) is 80.4 cm³/mol. The van der Waals surface area contributed by atoms with Gasteiger partial charge in [-0.2, -0.15) is 5.10 Å². The van der Waals surface area contributed by atoms with E-state index >= 15 is 0 Å². The molecular weight excluding hydrogens is 276 g/mol. The number of rotatable bonds is 8. The van der Waals surface area contributed by atoms with Crippen LogP contribution in [0.15, 0.2) is 6.33 Å². The van der Waals surface area contributed by atoms with E-state index in [-0.39, 0.29) is 6.04 Å². The Morgan fingerprint density at radius 3 is 2.55 bits per heavy atom. The molecule has 1 heterocycles. The van der Waals surface area contributed by atoms with E-state index in [2.05, 4.69) is 22.3 Å². The molecule has 0 aromatic carbocycles. The molecule has 20 heavy (non-hydrogen) atoms. The van der Waals surface area contributed by atoms with Gasteiger partial charge in [-0.25, -0.2) is 13.4 Å². The predicted octanol–water partition coefficient (Wildman–Crippen LogP) is 1.03. The number of aromatic nitrogens is 3. The molecule has 0 spiro atoms. The van der Waals surface area contributed by atoms with Gasteiger partial charge in [0.25, 0.3) is 0 Å². The minimum absolute atomic E-state index is 0.188. The minimum Gasteiger partial charge on any atom is -0.312 e. The van der Waals surface area contributed by atoms with Crippen molar-refractivity contribution in [1.29, 1.82) is 0 Å².